The third kappa shape index (κ3) is 3.94. The molecule has 0 bridgehead atoms. The van der Waals surface area contributed by atoms with E-state index in [1.165, 1.54) is 12.4 Å². The first kappa shape index (κ1) is 20.2. The number of carbonyl (C=O) groups is 1. The van der Waals surface area contributed by atoms with Gasteiger partial charge in [-0.05, 0) is 18.4 Å². The summed E-state index contributed by atoms with van der Waals surface area (Å²) in [5, 5.41) is 7.72. The van der Waals surface area contributed by atoms with Crippen molar-refractivity contribution in [3.8, 4) is 0 Å². The fourth-order valence-electron chi connectivity index (χ4n) is 4.21. The molecule has 32 heavy (non-hydrogen) atoms. The second-order valence-electron chi connectivity index (χ2n) is 8.10. The van der Waals surface area contributed by atoms with Crippen LogP contribution >= 0.6 is 0 Å². The number of nitrogens with two attached hydrogens (primary N) is 1. The van der Waals surface area contributed by atoms with Crippen LogP contribution in [-0.2, 0) is 6.54 Å². The molecule has 0 saturated carbocycles. The van der Waals surface area contributed by atoms with Gasteiger partial charge < -0.3 is 20.9 Å². The molecule has 1 saturated heterocycles. The van der Waals surface area contributed by atoms with Crippen molar-refractivity contribution in [3.05, 3.63) is 72.1 Å². The van der Waals surface area contributed by atoms with Crippen LogP contribution in [0, 0.1) is 5.82 Å². The number of H-pyrrole nitrogens is 1. The number of aromatic amines is 1. The predicted octanol–water partition coefficient (Wildman–Crippen LogP) is 3.13. The molecule has 0 radical (unpaired) electrons. The lowest BCUT2D eigenvalue weighted by Gasteiger charge is -2.33. The first-order valence-electron chi connectivity index (χ1n) is 10.6. The van der Waals surface area contributed by atoms with Gasteiger partial charge in [-0.2, -0.15) is 5.10 Å². The molecule has 3 aromatic heterocycles. The number of carbonyl (C=O) groups excluding carboxylic acids is 1. The molecule has 1 aliphatic rings. The third-order valence-corrected chi connectivity index (χ3v) is 5.73. The molecule has 4 N–H and O–H groups in total. The van der Waals surface area contributed by atoms with Crippen LogP contribution in [0.25, 0.3) is 11.0 Å². The summed E-state index contributed by atoms with van der Waals surface area (Å²) in [5.41, 5.74) is 9.03. The lowest BCUT2D eigenvalue weighted by molar-refractivity contribution is 0.102. The fourth-order valence-corrected chi connectivity index (χ4v) is 4.21. The number of nitrogens with one attached hydrogen (secondary N) is 2. The topological polar surface area (TPSA) is 105 Å². The summed E-state index contributed by atoms with van der Waals surface area (Å²) in [6, 6.07) is 9.87. The van der Waals surface area contributed by atoms with Crippen molar-refractivity contribution >= 4 is 28.3 Å². The maximum absolute atomic E-state index is 14.9. The van der Waals surface area contributed by atoms with Crippen LogP contribution in [0.5, 0.6) is 0 Å². The van der Waals surface area contributed by atoms with E-state index in [-0.39, 0.29) is 11.9 Å². The highest BCUT2D eigenvalue weighted by molar-refractivity contribution is 6.11. The largest absolute Gasteiger partial charge is 0.367 e. The van der Waals surface area contributed by atoms with E-state index in [0.717, 1.165) is 18.4 Å². The molecule has 4 heterocycles. The zero-order valence-electron chi connectivity index (χ0n) is 17.5. The number of fused-ring (bicyclic) bond motifs is 1. The van der Waals surface area contributed by atoms with Gasteiger partial charge in [-0.3, -0.25) is 9.48 Å². The maximum Gasteiger partial charge on any atom is 0.258 e. The van der Waals surface area contributed by atoms with Gasteiger partial charge in [0.05, 0.1) is 41.3 Å². The van der Waals surface area contributed by atoms with Gasteiger partial charge in [-0.25, -0.2) is 9.37 Å². The van der Waals surface area contributed by atoms with E-state index < -0.39 is 5.82 Å². The molecule has 164 valence electrons. The fraction of sp³-hybridized carbons (Fsp3) is 0.261. The van der Waals surface area contributed by atoms with E-state index in [2.05, 4.69) is 20.4 Å². The molecule has 4 aromatic rings. The number of hydrogen-bond acceptors (Lipinski definition) is 5. The molecule has 0 unspecified atom stereocenters. The van der Waals surface area contributed by atoms with Gasteiger partial charge in [0.1, 0.15) is 5.65 Å². The number of aromatic nitrogens is 4. The first-order valence-corrected chi connectivity index (χ1v) is 10.6. The average Bonchev–Trinajstić information content (AvgIpc) is 3.42. The summed E-state index contributed by atoms with van der Waals surface area (Å²) in [5.74, 6) is -0.756. The molecule has 8 nitrogen and oxygen atoms in total. The van der Waals surface area contributed by atoms with Gasteiger partial charge in [0.2, 0.25) is 0 Å². The van der Waals surface area contributed by atoms with Gasteiger partial charge >= 0.3 is 0 Å². The highest BCUT2D eigenvalue weighted by Gasteiger charge is 2.25. The Morgan fingerprint density at radius 1 is 1.28 bits per heavy atom. The Morgan fingerprint density at radius 3 is 2.94 bits per heavy atom. The Balaban J connectivity index is 1.41. The molecular weight excluding hydrogens is 409 g/mol. The minimum atomic E-state index is -0.433. The zero-order valence-corrected chi connectivity index (χ0v) is 17.5. The summed E-state index contributed by atoms with van der Waals surface area (Å²) in [6.07, 6.45) is 7.86. The highest BCUT2D eigenvalue weighted by Crippen LogP contribution is 2.35. The molecule has 9 heteroatoms. The van der Waals surface area contributed by atoms with Crippen molar-refractivity contribution in [3.63, 3.8) is 0 Å². The summed E-state index contributed by atoms with van der Waals surface area (Å²) in [7, 11) is 0. The average molecular weight is 433 g/mol. The van der Waals surface area contributed by atoms with Crippen LogP contribution < -0.4 is 16.0 Å². The second kappa shape index (κ2) is 8.43. The van der Waals surface area contributed by atoms with E-state index in [1.54, 1.807) is 17.1 Å². The van der Waals surface area contributed by atoms with Crippen molar-refractivity contribution in [1.82, 2.24) is 19.7 Å². The first-order chi connectivity index (χ1) is 15.6. The number of amides is 1. The van der Waals surface area contributed by atoms with Crippen LogP contribution in [0.3, 0.4) is 0 Å². The SMILES string of the molecule is N[C@@H]1CCCN(c2c(F)cnc3[nH]cc(NC(=O)c4cnn(Cc5ccccc5)c4)c23)C1. The smallest absolute Gasteiger partial charge is 0.258 e. The van der Waals surface area contributed by atoms with Gasteiger partial charge in [0.25, 0.3) is 5.91 Å². The maximum atomic E-state index is 14.9. The van der Waals surface area contributed by atoms with Crippen molar-refractivity contribution in [1.29, 1.82) is 0 Å². The number of benzene rings is 1. The third-order valence-electron chi connectivity index (χ3n) is 5.73. The van der Waals surface area contributed by atoms with E-state index in [9.17, 15) is 9.18 Å². The van der Waals surface area contributed by atoms with Gasteiger partial charge in [0, 0.05) is 31.5 Å². The van der Waals surface area contributed by atoms with Crippen LogP contribution in [0.4, 0.5) is 15.8 Å². The van der Waals surface area contributed by atoms with Crippen LogP contribution in [0.1, 0.15) is 28.8 Å². The second-order valence-corrected chi connectivity index (χ2v) is 8.10. The minimum absolute atomic E-state index is 0.0150. The predicted molar refractivity (Wildman–Crippen MR) is 121 cm³/mol. The normalized spacial score (nSPS) is 16.4. The van der Waals surface area contributed by atoms with E-state index in [1.807, 2.05) is 35.2 Å². The quantitative estimate of drug-likeness (QED) is 0.449. The number of piperidine rings is 1. The summed E-state index contributed by atoms with van der Waals surface area (Å²) in [6.45, 7) is 1.82. The molecule has 0 aliphatic carbocycles. The number of rotatable bonds is 5. The van der Waals surface area contributed by atoms with Crippen LogP contribution in [0.15, 0.2) is 55.1 Å². The summed E-state index contributed by atoms with van der Waals surface area (Å²) >= 11 is 0. The molecule has 1 atom stereocenters. The Bertz CT molecular complexity index is 1250. The van der Waals surface area contributed by atoms with Crippen molar-refractivity contribution in [2.24, 2.45) is 5.73 Å². The molecular formula is C23H24FN7O. The lowest BCUT2D eigenvalue weighted by Crippen LogP contribution is -2.43. The Hall–Kier alpha value is -3.72. The standard InChI is InChI=1S/C23H24FN7O/c24-18-10-26-22-20(21(18)30-8-4-7-17(25)14-30)19(11-27-22)29-23(32)16-9-28-31(13-16)12-15-5-2-1-3-6-15/h1-3,5-6,9-11,13,17H,4,7-8,12,14,25H2,(H,26,27)(H,29,32)/t17-/m1/s1. The summed E-state index contributed by atoms with van der Waals surface area (Å²) in [4.78, 5) is 22.0. The monoisotopic (exact) mass is 433 g/mol. The van der Waals surface area contributed by atoms with Crippen LogP contribution in [0.2, 0.25) is 0 Å². The van der Waals surface area contributed by atoms with E-state index in [4.69, 9.17) is 5.73 Å². The van der Waals surface area contributed by atoms with Gasteiger partial charge in [0.15, 0.2) is 5.82 Å². The molecule has 1 aliphatic heterocycles. The number of anilines is 2. The van der Waals surface area contributed by atoms with Crippen molar-refractivity contribution in [2.75, 3.05) is 23.3 Å². The minimum Gasteiger partial charge on any atom is -0.367 e. The van der Waals surface area contributed by atoms with Crippen molar-refractivity contribution in [2.45, 2.75) is 25.4 Å². The van der Waals surface area contributed by atoms with E-state index >= 15 is 0 Å². The number of hydrogen-bond donors (Lipinski definition) is 3. The zero-order chi connectivity index (χ0) is 22.1. The Kier molecular flexibility index (Phi) is 5.32. The molecule has 1 amide bonds. The Labute approximate surface area is 184 Å². The molecule has 1 fully saturated rings. The summed E-state index contributed by atoms with van der Waals surface area (Å²) < 4.78 is 16.6. The van der Waals surface area contributed by atoms with Gasteiger partial charge in [-0.1, -0.05) is 30.3 Å². The number of halogens is 1. The highest BCUT2D eigenvalue weighted by atomic mass is 19.1. The van der Waals surface area contributed by atoms with E-state index in [0.29, 0.717) is 47.6 Å². The Morgan fingerprint density at radius 2 is 2.12 bits per heavy atom. The number of pyridine rings is 1. The lowest BCUT2D eigenvalue weighted by atomic mass is 10.1. The molecule has 0 spiro atoms. The van der Waals surface area contributed by atoms with Gasteiger partial charge in [-0.15, -0.1) is 0 Å². The van der Waals surface area contributed by atoms with Crippen molar-refractivity contribution < 1.29 is 9.18 Å². The van der Waals surface area contributed by atoms with Crippen LogP contribution in [-0.4, -0.2) is 44.8 Å². The molecule has 5 rings (SSSR count). The molecule has 1 aromatic carbocycles. The number of nitrogens with zero attached hydrogens (tertiary/aromatic N) is 4.